The summed E-state index contributed by atoms with van der Waals surface area (Å²) in [5.74, 6) is 0. The largest absolute Gasteiger partial charge is 0.408 e. The number of nitrogens with one attached hydrogen (secondary N) is 1. The van der Waals surface area contributed by atoms with Crippen LogP contribution in [0.4, 0.5) is 0 Å². The molecule has 1 fully saturated rings. The molecule has 2 rings (SSSR count). The van der Waals surface area contributed by atoms with Gasteiger partial charge in [0.05, 0.1) is 5.69 Å². The molecule has 1 aliphatic heterocycles. The number of hydrogen-bond acceptors (Lipinski definition) is 3. The number of nitrogens with zero attached hydrogens (tertiary/aromatic N) is 1. The Labute approximate surface area is 160 Å². The fraction of sp³-hybridized carbons (Fsp3) is 0.538. The maximum Gasteiger partial charge on any atom is 0.0540 e. The predicted molar refractivity (Wildman–Crippen MR) is 63.8 cm³/mol. The van der Waals surface area contributed by atoms with Gasteiger partial charge in [-0.15, -0.1) is 0 Å². The first kappa shape index (κ1) is 19.3. The fourth-order valence-corrected chi connectivity index (χ4v) is 1.98. The Morgan fingerprint density at radius 1 is 1.39 bits per heavy atom. The summed E-state index contributed by atoms with van der Waals surface area (Å²) in [4.78, 5) is 4.29. The predicted octanol–water partition coefficient (Wildman–Crippen LogP) is 1.94. The van der Waals surface area contributed by atoms with Crippen molar-refractivity contribution in [2.75, 3.05) is 0 Å². The molecule has 0 saturated carbocycles. The zero-order valence-electron chi connectivity index (χ0n) is 11.0. The normalized spacial score (nSPS) is 26.2. The van der Waals surface area contributed by atoms with E-state index in [-0.39, 0.29) is 71.5 Å². The van der Waals surface area contributed by atoms with Gasteiger partial charge in [-0.1, -0.05) is 31.6 Å². The van der Waals surface area contributed by atoms with Gasteiger partial charge in [-0.3, -0.25) is 11.4 Å². The molecule has 1 unspecified atom stereocenters. The van der Waals surface area contributed by atoms with Crippen LogP contribution in [0.3, 0.4) is 0 Å². The molecule has 0 spiro atoms. The molecule has 0 bridgehead atoms. The smallest absolute Gasteiger partial charge is 0.0540 e. The van der Waals surface area contributed by atoms with Crippen LogP contribution in [0.15, 0.2) is 24.4 Å². The summed E-state index contributed by atoms with van der Waals surface area (Å²) in [6.07, 6.45) is 5.69. The second kappa shape index (κ2) is 10.1. The zero-order chi connectivity index (χ0) is 11.4. The van der Waals surface area contributed by atoms with E-state index in [1.807, 2.05) is 24.4 Å². The standard InChI is InChI=1S/C13H19N2O.2Y/c1-3-12-8-13(10(2)16-12)15-9-11-6-4-5-7-14-11;;/h4-8,10,12-13,15H,3,9H2,1-2H3;;/q-1;;/t10-,12+,13?;;/m0../s1. The Hall–Kier alpha value is 1.28. The van der Waals surface area contributed by atoms with E-state index in [1.165, 1.54) is 0 Å². The Kier molecular flexibility index (Phi) is 10.8. The van der Waals surface area contributed by atoms with Crippen LogP contribution in [0.5, 0.6) is 0 Å². The molecule has 1 aliphatic rings. The maximum atomic E-state index is 5.77. The quantitative estimate of drug-likeness (QED) is 0.789. The number of ether oxygens (including phenoxy) is 1. The van der Waals surface area contributed by atoms with Gasteiger partial charge in [-0.25, -0.2) is 0 Å². The summed E-state index contributed by atoms with van der Waals surface area (Å²) in [5.41, 5.74) is 1.07. The van der Waals surface area contributed by atoms with E-state index in [0.29, 0.717) is 12.1 Å². The molecule has 1 saturated heterocycles. The van der Waals surface area contributed by atoms with Crippen LogP contribution in [-0.4, -0.2) is 23.2 Å². The summed E-state index contributed by atoms with van der Waals surface area (Å²) in [5, 5.41) is 3.47. The molecule has 2 radical (unpaired) electrons. The summed E-state index contributed by atoms with van der Waals surface area (Å²) < 4.78 is 5.77. The molecule has 0 aliphatic carbocycles. The number of rotatable bonds is 4. The topological polar surface area (TPSA) is 34.2 Å². The van der Waals surface area contributed by atoms with E-state index in [4.69, 9.17) is 4.74 Å². The van der Waals surface area contributed by atoms with Crippen LogP contribution < -0.4 is 5.32 Å². The number of hydrogen-bond donors (Lipinski definition) is 1. The SMILES string of the molecule is CC[C@@H]1[CH-]C(NCc2ccccn2)[C@H](C)O1.[Y].[Y]. The Morgan fingerprint density at radius 3 is 2.72 bits per heavy atom. The van der Waals surface area contributed by atoms with Crippen molar-refractivity contribution in [1.82, 2.24) is 10.3 Å². The van der Waals surface area contributed by atoms with Crippen LogP contribution in [0.2, 0.25) is 0 Å². The van der Waals surface area contributed by atoms with Gasteiger partial charge < -0.3 is 10.1 Å². The molecule has 0 amide bonds. The molecule has 94 valence electrons. The first-order valence-corrected chi connectivity index (χ1v) is 5.93. The first-order chi connectivity index (χ1) is 7.79. The van der Waals surface area contributed by atoms with Crippen LogP contribution in [0, 0.1) is 6.42 Å². The van der Waals surface area contributed by atoms with Crippen LogP contribution in [-0.2, 0) is 76.7 Å². The monoisotopic (exact) mass is 397 g/mol. The second-order valence-corrected chi connectivity index (χ2v) is 4.21. The van der Waals surface area contributed by atoms with Gasteiger partial charge in [0.2, 0.25) is 0 Å². The molecule has 0 aromatic carbocycles. The van der Waals surface area contributed by atoms with Crippen LogP contribution >= 0.6 is 0 Å². The number of aromatic nitrogens is 1. The van der Waals surface area contributed by atoms with Crippen molar-refractivity contribution in [2.24, 2.45) is 0 Å². The molecule has 5 heteroatoms. The van der Waals surface area contributed by atoms with Crippen LogP contribution in [0.1, 0.15) is 26.0 Å². The third kappa shape index (κ3) is 5.73. The minimum Gasteiger partial charge on any atom is -0.408 e. The molecule has 3 nitrogen and oxygen atoms in total. The van der Waals surface area contributed by atoms with Crippen LogP contribution in [0.25, 0.3) is 0 Å². The van der Waals surface area contributed by atoms with Gasteiger partial charge in [0, 0.05) is 84.3 Å². The average Bonchev–Trinajstić information content (AvgIpc) is 2.69. The van der Waals surface area contributed by atoms with Gasteiger partial charge in [-0.2, -0.15) is 0 Å². The fourth-order valence-electron chi connectivity index (χ4n) is 1.98. The molecule has 3 atom stereocenters. The molecule has 1 aromatic heterocycles. The zero-order valence-corrected chi connectivity index (χ0v) is 16.7. The molecular formula is C13H19N2OY2-. The maximum absolute atomic E-state index is 5.77. The second-order valence-electron chi connectivity index (χ2n) is 4.21. The molecule has 1 aromatic rings. The summed E-state index contributed by atoms with van der Waals surface area (Å²) in [7, 11) is 0. The van der Waals surface area contributed by atoms with E-state index >= 15 is 0 Å². The van der Waals surface area contributed by atoms with E-state index < -0.39 is 0 Å². The van der Waals surface area contributed by atoms with Gasteiger partial charge in [0.25, 0.3) is 0 Å². The van der Waals surface area contributed by atoms with Crippen molar-refractivity contribution in [3.63, 3.8) is 0 Å². The van der Waals surface area contributed by atoms with Crippen molar-refractivity contribution in [3.05, 3.63) is 36.5 Å². The van der Waals surface area contributed by atoms with Gasteiger partial charge in [0.15, 0.2) is 0 Å². The van der Waals surface area contributed by atoms with Gasteiger partial charge >= 0.3 is 0 Å². The van der Waals surface area contributed by atoms with Gasteiger partial charge in [0.1, 0.15) is 0 Å². The van der Waals surface area contributed by atoms with E-state index in [9.17, 15) is 0 Å². The summed E-state index contributed by atoms with van der Waals surface area (Å²) in [6.45, 7) is 5.06. The average molecular weight is 397 g/mol. The third-order valence-corrected chi connectivity index (χ3v) is 2.96. The first-order valence-electron chi connectivity index (χ1n) is 5.93. The van der Waals surface area contributed by atoms with Crippen molar-refractivity contribution >= 4 is 0 Å². The van der Waals surface area contributed by atoms with Crippen molar-refractivity contribution < 1.29 is 70.2 Å². The summed E-state index contributed by atoms with van der Waals surface area (Å²) >= 11 is 0. The van der Waals surface area contributed by atoms with Crippen molar-refractivity contribution in [3.8, 4) is 0 Å². The molecule has 2 heterocycles. The molecule has 1 N–H and O–H groups in total. The molecule has 18 heavy (non-hydrogen) atoms. The van der Waals surface area contributed by atoms with E-state index in [2.05, 4.69) is 30.6 Å². The van der Waals surface area contributed by atoms with E-state index in [0.717, 1.165) is 18.7 Å². The number of pyridine rings is 1. The third-order valence-electron chi connectivity index (χ3n) is 2.96. The minimum atomic E-state index is 0. The van der Waals surface area contributed by atoms with Gasteiger partial charge in [-0.05, 0) is 19.1 Å². The minimum absolute atomic E-state index is 0. The molecular weight excluding hydrogens is 378 g/mol. The van der Waals surface area contributed by atoms with Crippen molar-refractivity contribution in [1.29, 1.82) is 0 Å². The van der Waals surface area contributed by atoms with E-state index in [1.54, 1.807) is 0 Å². The Bertz CT molecular complexity index is 324. The van der Waals surface area contributed by atoms with Crippen molar-refractivity contribution in [2.45, 2.75) is 45.1 Å². The Morgan fingerprint density at radius 2 is 2.17 bits per heavy atom. The Balaban J connectivity index is 0.00000144. The summed E-state index contributed by atoms with van der Waals surface area (Å²) in [6, 6.07) is 6.32.